The fourth-order valence-electron chi connectivity index (χ4n) is 1.03. The molecular formula is C10H20N6O. The third-order valence-corrected chi connectivity index (χ3v) is 2.61. The maximum Gasteiger partial charge on any atom is 0.322 e. The first-order valence-electron chi connectivity index (χ1n) is 5.51. The van der Waals surface area contributed by atoms with Gasteiger partial charge in [0.15, 0.2) is 0 Å². The van der Waals surface area contributed by atoms with Gasteiger partial charge < -0.3 is 10.1 Å². The number of ether oxygens (including phenoxy) is 1. The summed E-state index contributed by atoms with van der Waals surface area (Å²) in [5, 5.41) is 3.15. The molecule has 0 aliphatic carbocycles. The third kappa shape index (κ3) is 4.03. The number of rotatable bonds is 6. The van der Waals surface area contributed by atoms with Gasteiger partial charge in [-0.05, 0) is 11.8 Å². The average Bonchev–Trinajstić information content (AvgIpc) is 2.36. The molecule has 7 heteroatoms. The van der Waals surface area contributed by atoms with Gasteiger partial charge in [0.1, 0.15) is 0 Å². The van der Waals surface area contributed by atoms with Gasteiger partial charge in [0.05, 0.1) is 7.11 Å². The molecule has 0 fully saturated rings. The van der Waals surface area contributed by atoms with Crippen LogP contribution >= 0.6 is 0 Å². The van der Waals surface area contributed by atoms with Crippen molar-refractivity contribution >= 4 is 11.9 Å². The molecule has 0 spiro atoms. The second-order valence-electron chi connectivity index (χ2n) is 4.48. The fourth-order valence-corrected chi connectivity index (χ4v) is 1.03. The minimum Gasteiger partial charge on any atom is -0.467 e. The van der Waals surface area contributed by atoms with Gasteiger partial charge in [0, 0.05) is 6.54 Å². The molecule has 0 aliphatic heterocycles. The van der Waals surface area contributed by atoms with E-state index < -0.39 is 0 Å². The van der Waals surface area contributed by atoms with E-state index in [1.807, 2.05) is 0 Å². The van der Waals surface area contributed by atoms with E-state index in [4.69, 9.17) is 10.6 Å². The number of nitrogens with two attached hydrogens (primary N) is 1. The predicted octanol–water partition coefficient (Wildman–Crippen LogP) is 1.01. The highest BCUT2D eigenvalue weighted by Crippen LogP contribution is 2.20. The van der Waals surface area contributed by atoms with Crippen LogP contribution in [0.4, 0.5) is 11.9 Å². The highest BCUT2D eigenvalue weighted by molar-refractivity contribution is 5.35. The molecule has 96 valence electrons. The van der Waals surface area contributed by atoms with Crippen LogP contribution < -0.4 is 21.3 Å². The Bertz CT molecular complexity index is 346. The van der Waals surface area contributed by atoms with Crippen LogP contribution in [0.25, 0.3) is 0 Å². The molecule has 0 atom stereocenters. The Morgan fingerprint density at radius 3 is 2.41 bits per heavy atom. The summed E-state index contributed by atoms with van der Waals surface area (Å²) in [7, 11) is 1.50. The number of hydrogen-bond donors (Lipinski definition) is 3. The van der Waals surface area contributed by atoms with Crippen LogP contribution in [0.2, 0.25) is 0 Å². The summed E-state index contributed by atoms with van der Waals surface area (Å²) >= 11 is 0. The normalized spacial score (nSPS) is 11.1. The van der Waals surface area contributed by atoms with Crippen molar-refractivity contribution in [2.75, 3.05) is 24.4 Å². The quantitative estimate of drug-likeness (QED) is 0.504. The number of nitrogen functional groups attached to an aromatic ring is 1. The molecule has 0 bridgehead atoms. The highest BCUT2D eigenvalue weighted by Gasteiger charge is 2.15. The molecule has 0 aromatic carbocycles. The number of nitrogens with zero attached hydrogens (tertiary/aromatic N) is 3. The Morgan fingerprint density at radius 1 is 1.24 bits per heavy atom. The van der Waals surface area contributed by atoms with Gasteiger partial charge in [0.25, 0.3) is 0 Å². The monoisotopic (exact) mass is 240 g/mol. The first-order chi connectivity index (χ1) is 8.00. The summed E-state index contributed by atoms with van der Waals surface area (Å²) in [6.07, 6.45) is 1.06. The van der Waals surface area contributed by atoms with Crippen LogP contribution in [-0.4, -0.2) is 28.6 Å². The van der Waals surface area contributed by atoms with E-state index in [1.165, 1.54) is 7.11 Å². The van der Waals surface area contributed by atoms with Crippen LogP contribution in [0.15, 0.2) is 0 Å². The van der Waals surface area contributed by atoms with E-state index in [0.717, 1.165) is 13.0 Å². The lowest BCUT2D eigenvalue weighted by Gasteiger charge is -2.22. The van der Waals surface area contributed by atoms with Gasteiger partial charge in [-0.1, -0.05) is 20.8 Å². The van der Waals surface area contributed by atoms with Crippen LogP contribution in [0.5, 0.6) is 6.01 Å². The molecule has 1 rings (SSSR count). The van der Waals surface area contributed by atoms with Crippen molar-refractivity contribution in [3.63, 3.8) is 0 Å². The van der Waals surface area contributed by atoms with Gasteiger partial charge in [-0.3, -0.25) is 5.43 Å². The van der Waals surface area contributed by atoms with Crippen molar-refractivity contribution in [3.05, 3.63) is 0 Å². The Hall–Kier alpha value is -1.63. The zero-order chi connectivity index (χ0) is 12.9. The number of nitrogens with one attached hydrogen (secondary N) is 2. The van der Waals surface area contributed by atoms with Crippen molar-refractivity contribution in [2.45, 2.75) is 27.2 Å². The lowest BCUT2D eigenvalue weighted by atomic mass is 9.90. The smallest absolute Gasteiger partial charge is 0.322 e. The largest absolute Gasteiger partial charge is 0.467 e. The summed E-state index contributed by atoms with van der Waals surface area (Å²) in [5.41, 5.74) is 2.55. The van der Waals surface area contributed by atoms with Crippen LogP contribution in [-0.2, 0) is 0 Å². The molecule has 0 radical (unpaired) electrons. The number of hydrazine groups is 1. The van der Waals surface area contributed by atoms with Crippen LogP contribution in [0.1, 0.15) is 27.2 Å². The van der Waals surface area contributed by atoms with Gasteiger partial charge in [-0.25, -0.2) is 5.84 Å². The topological polar surface area (TPSA) is 98.0 Å². The van der Waals surface area contributed by atoms with Crippen molar-refractivity contribution in [1.29, 1.82) is 0 Å². The molecular weight excluding hydrogens is 220 g/mol. The summed E-state index contributed by atoms with van der Waals surface area (Å²) < 4.78 is 4.96. The van der Waals surface area contributed by atoms with E-state index in [2.05, 4.69) is 46.5 Å². The van der Waals surface area contributed by atoms with E-state index >= 15 is 0 Å². The molecule has 17 heavy (non-hydrogen) atoms. The first kappa shape index (κ1) is 13.4. The summed E-state index contributed by atoms with van der Waals surface area (Å²) in [6, 6.07) is 0.227. The molecule has 1 aromatic heterocycles. The number of methoxy groups -OCH3 is 1. The zero-order valence-electron chi connectivity index (χ0n) is 10.7. The molecule has 0 saturated heterocycles. The molecule has 1 aromatic rings. The Morgan fingerprint density at radius 2 is 1.88 bits per heavy atom. The molecule has 0 unspecified atom stereocenters. The van der Waals surface area contributed by atoms with E-state index in [9.17, 15) is 0 Å². The predicted molar refractivity (Wildman–Crippen MR) is 66.8 cm³/mol. The van der Waals surface area contributed by atoms with Crippen LogP contribution in [0.3, 0.4) is 0 Å². The molecule has 4 N–H and O–H groups in total. The minimum absolute atomic E-state index is 0.177. The number of hydrogen-bond acceptors (Lipinski definition) is 7. The average molecular weight is 240 g/mol. The zero-order valence-corrected chi connectivity index (χ0v) is 10.7. The standard InChI is InChI=1S/C10H20N6O/c1-5-10(2,3)6-12-7-13-8(16-11)15-9(14-7)17-4/h5-6,11H2,1-4H3,(H2,12,13,14,15,16). The fraction of sp³-hybridized carbons (Fsp3) is 0.700. The number of aromatic nitrogens is 3. The van der Waals surface area contributed by atoms with Crippen LogP contribution in [0, 0.1) is 5.41 Å². The van der Waals surface area contributed by atoms with Crippen molar-refractivity contribution in [2.24, 2.45) is 11.3 Å². The van der Waals surface area contributed by atoms with Gasteiger partial charge in [-0.15, -0.1) is 0 Å². The molecule has 7 nitrogen and oxygen atoms in total. The van der Waals surface area contributed by atoms with Crippen molar-refractivity contribution in [1.82, 2.24) is 15.0 Å². The summed E-state index contributed by atoms with van der Waals surface area (Å²) in [4.78, 5) is 12.1. The molecule has 0 amide bonds. The Balaban J connectivity index is 2.76. The van der Waals surface area contributed by atoms with Crippen molar-refractivity contribution in [3.8, 4) is 6.01 Å². The minimum atomic E-state index is 0.177. The van der Waals surface area contributed by atoms with Gasteiger partial charge in [0.2, 0.25) is 11.9 Å². The lowest BCUT2D eigenvalue weighted by Crippen LogP contribution is -2.23. The van der Waals surface area contributed by atoms with E-state index in [-0.39, 0.29) is 17.4 Å². The van der Waals surface area contributed by atoms with E-state index in [1.54, 1.807) is 0 Å². The molecule has 0 aliphatic rings. The highest BCUT2D eigenvalue weighted by atomic mass is 16.5. The second kappa shape index (κ2) is 5.62. The maximum atomic E-state index is 5.26. The number of anilines is 2. The van der Waals surface area contributed by atoms with E-state index in [0.29, 0.717) is 5.95 Å². The first-order valence-corrected chi connectivity index (χ1v) is 5.51. The SMILES string of the molecule is CCC(C)(C)CNc1nc(NN)nc(OC)n1. The van der Waals surface area contributed by atoms with Crippen molar-refractivity contribution < 1.29 is 4.74 Å². The van der Waals surface area contributed by atoms with Gasteiger partial charge >= 0.3 is 6.01 Å². The third-order valence-electron chi connectivity index (χ3n) is 2.61. The maximum absolute atomic E-state index is 5.26. The lowest BCUT2D eigenvalue weighted by molar-refractivity contribution is 0.370. The summed E-state index contributed by atoms with van der Waals surface area (Å²) in [5.74, 6) is 5.99. The molecule has 0 saturated carbocycles. The molecule has 1 heterocycles. The van der Waals surface area contributed by atoms with Gasteiger partial charge in [-0.2, -0.15) is 15.0 Å². The Labute approximate surface area is 101 Å². The second-order valence-corrected chi connectivity index (χ2v) is 4.48. The Kier molecular flexibility index (Phi) is 4.45. The summed E-state index contributed by atoms with van der Waals surface area (Å²) in [6.45, 7) is 7.24.